The summed E-state index contributed by atoms with van der Waals surface area (Å²) < 4.78 is 9.16. The normalized spacial score (nSPS) is 14.4. The number of aromatic nitrogens is 1. The van der Waals surface area contributed by atoms with E-state index in [0.29, 0.717) is 5.84 Å². The predicted octanol–water partition coefficient (Wildman–Crippen LogP) is 13.2. The number of hydrogen-bond acceptors (Lipinski definition) is 4. The fourth-order valence-electron chi connectivity index (χ4n) is 8.91. The summed E-state index contributed by atoms with van der Waals surface area (Å²) in [7, 11) is 0. The van der Waals surface area contributed by atoms with Crippen LogP contribution < -0.4 is 5.32 Å². The second kappa shape index (κ2) is 12.9. The fourth-order valence-corrected chi connectivity index (χ4v) is 8.91. The van der Waals surface area contributed by atoms with Crippen molar-refractivity contribution in [2.45, 2.75) is 6.17 Å². The molecule has 1 unspecified atom stereocenters. The van der Waals surface area contributed by atoms with E-state index in [9.17, 15) is 0 Å². The lowest BCUT2D eigenvalue weighted by molar-refractivity contribution is 0.670. The molecule has 0 bridgehead atoms. The Labute approximate surface area is 333 Å². The first-order valence-corrected chi connectivity index (χ1v) is 19.7. The van der Waals surface area contributed by atoms with Crippen LogP contribution in [0.15, 0.2) is 209 Å². The van der Waals surface area contributed by atoms with Gasteiger partial charge in [0, 0.05) is 43.8 Å². The van der Waals surface area contributed by atoms with E-state index in [0.717, 1.165) is 83.1 Å². The van der Waals surface area contributed by atoms with Gasteiger partial charge in [-0.05, 0) is 69.6 Å². The van der Waals surface area contributed by atoms with Crippen LogP contribution in [0.5, 0.6) is 0 Å². The van der Waals surface area contributed by atoms with Crippen LogP contribution in [0.2, 0.25) is 0 Å². The van der Waals surface area contributed by atoms with Crippen LogP contribution in [0, 0.1) is 0 Å². The average Bonchev–Trinajstić information content (AvgIpc) is 3.83. The Bertz CT molecular complexity index is 3490. The second-order valence-corrected chi connectivity index (χ2v) is 15.0. The molecule has 9 aromatic carbocycles. The van der Waals surface area contributed by atoms with Crippen LogP contribution in [-0.2, 0) is 0 Å². The van der Waals surface area contributed by atoms with Gasteiger partial charge in [0.15, 0.2) is 5.84 Å². The van der Waals surface area contributed by atoms with Gasteiger partial charge in [-0.25, -0.2) is 9.98 Å². The molecular formula is C53H34N4O. The third kappa shape index (κ3) is 5.10. The molecule has 0 saturated carbocycles. The van der Waals surface area contributed by atoms with Gasteiger partial charge in [-0.1, -0.05) is 152 Å². The van der Waals surface area contributed by atoms with Gasteiger partial charge in [0.05, 0.1) is 16.7 Å². The Morgan fingerprint density at radius 3 is 2.02 bits per heavy atom. The third-order valence-corrected chi connectivity index (χ3v) is 11.6. The molecular weight excluding hydrogens is 709 g/mol. The highest BCUT2D eigenvalue weighted by Gasteiger charge is 2.25. The first kappa shape index (κ1) is 32.5. The monoisotopic (exact) mass is 742 g/mol. The first-order chi connectivity index (χ1) is 28.7. The minimum atomic E-state index is -0.338. The molecule has 0 radical (unpaired) electrons. The highest BCUT2D eigenvalue weighted by Crippen LogP contribution is 2.42. The van der Waals surface area contributed by atoms with Gasteiger partial charge in [0.25, 0.3) is 0 Å². The topological polar surface area (TPSA) is 54.8 Å². The molecule has 2 aromatic heterocycles. The summed E-state index contributed by atoms with van der Waals surface area (Å²) in [4.78, 5) is 10.7. The van der Waals surface area contributed by atoms with Crippen LogP contribution in [0.4, 0.5) is 0 Å². The van der Waals surface area contributed by atoms with Gasteiger partial charge in [0.1, 0.15) is 23.2 Å². The van der Waals surface area contributed by atoms with E-state index in [2.05, 4.69) is 186 Å². The quantitative estimate of drug-likeness (QED) is 0.191. The zero-order chi connectivity index (χ0) is 38.2. The van der Waals surface area contributed by atoms with Crippen molar-refractivity contribution in [1.29, 1.82) is 0 Å². The summed E-state index contributed by atoms with van der Waals surface area (Å²) >= 11 is 0. The van der Waals surface area contributed by atoms with Gasteiger partial charge in [-0.15, -0.1) is 0 Å². The SMILES string of the molecule is c1ccc(C2N=C(c3ccc(-n4c5ccccc5c5cc6ccccc6cc54)c(-c4cccc5c4oc4ccccc45)c3)N=C(c3cccc4ccccc34)N2)cc1. The number of para-hydroxylation sites is 3. The zero-order valence-corrected chi connectivity index (χ0v) is 31.3. The molecule has 12 rings (SSSR count). The van der Waals surface area contributed by atoms with E-state index in [4.69, 9.17) is 14.4 Å². The summed E-state index contributed by atoms with van der Waals surface area (Å²) in [6, 6.07) is 68.7. The number of aliphatic imine (C=N–C) groups is 2. The molecule has 5 nitrogen and oxygen atoms in total. The van der Waals surface area contributed by atoms with Crippen molar-refractivity contribution in [3.63, 3.8) is 0 Å². The Morgan fingerprint density at radius 1 is 0.466 bits per heavy atom. The third-order valence-electron chi connectivity index (χ3n) is 11.6. The molecule has 272 valence electrons. The molecule has 0 aliphatic carbocycles. The van der Waals surface area contributed by atoms with Crippen molar-refractivity contribution >= 4 is 77.0 Å². The zero-order valence-electron chi connectivity index (χ0n) is 31.3. The van der Waals surface area contributed by atoms with E-state index in [1.54, 1.807) is 0 Å². The van der Waals surface area contributed by atoms with E-state index >= 15 is 0 Å². The highest BCUT2D eigenvalue weighted by molar-refractivity contribution is 6.19. The highest BCUT2D eigenvalue weighted by atomic mass is 16.3. The van der Waals surface area contributed by atoms with Crippen molar-refractivity contribution in [2.75, 3.05) is 0 Å². The minimum Gasteiger partial charge on any atom is -0.455 e. The van der Waals surface area contributed by atoms with Gasteiger partial charge >= 0.3 is 0 Å². The molecule has 3 heterocycles. The van der Waals surface area contributed by atoms with E-state index in [1.165, 1.54) is 21.5 Å². The number of rotatable bonds is 5. The largest absolute Gasteiger partial charge is 0.455 e. The van der Waals surface area contributed by atoms with E-state index in [1.807, 2.05) is 18.2 Å². The summed E-state index contributed by atoms with van der Waals surface area (Å²) in [6.45, 7) is 0. The van der Waals surface area contributed by atoms with E-state index < -0.39 is 0 Å². The van der Waals surface area contributed by atoms with Crippen LogP contribution in [-0.4, -0.2) is 16.2 Å². The first-order valence-electron chi connectivity index (χ1n) is 19.7. The number of nitrogens with one attached hydrogen (secondary N) is 1. The van der Waals surface area contributed by atoms with Gasteiger partial charge in [-0.2, -0.15) is 0 Å². The number of fused-ring (bicyclic) bond motifs is 8. The van der Waals surface area contributed by atoms with Crippen LogP contribution in [0.25, 0.3) is 82.1 Å². The predicted molar refractivity (Wildman–Crippen MR) is 240 cm³/mol. The Morgan fingerprint density at radius 2 is 1.14 bits per heavy atom. The molecule has 11 aromatic rings. The number of nitrogens with zero attached hydrogens (tertiary/aromatic N) is 3. The molecule has 1 aliphatic heterocycles. The number of amidine groups is 2. The van der Waals surface area contributed by atoms with Crippen LogP contribution in [0.1, 0.15) is 22.9 Å². The molecule has 0 spiro atoms. The lowest BCUT2D eigenvalue weighted by Crippen LogP contribution is -2.33. The number of hydrogen-bond donors (Lipinski definition) is 1. The summed E-state index contributed by atoms with van der Waals surface area (Å²) in [6.07, 6.45) is -0.338. The lowest BCUT2D eigenvalue weighted by atomic mass is 9.97. The Balaban J connectivity index is 1.14. The van der Waals surface area contributed by atoms with Crippen molar-refractivity contribution in [2.24, 2.45) is 9.98 Å². The molecule has 58 heavy (non-hydrogen) atoms. The average molecular weight is 743 g/mol. The molecule has 0 fully saturated rings. The summed E-state index contributed by atoms with van der Waals surface area (Å²) in [5.74, 6) is 1.45. The Kier molecular flexibility index (Phi) is 7.23. The molecule has 0 saturated heterocycles. The van der Waals surface area contributed by atoms with Crippen molar-refractivity contribution < 1.29 is 4.42 Å². The summed E-state index contributed by atoms with van der Waals surface area (Å²) in [5.41, 5.74) is 10.1. The maximum Gasteiger partial charge on any atom is 0.159 e. The maximum absolute atomic E-state index is 6.74. The maximum atomic E-state index is 6.74. The molecule has 1 N–H and O–H groups in total. The minimum absolute atomic E-state index is 0.338. The van der Waals surface area contributed by atoms with Crippen molar-refractivity contribution in [3.05, 3.63) is 211 Å². The molecule has 0 amide bonds. The smallest absolute Gasteiger partial charge is 0.159 e. The van der Waals surface area contributed by atoms with E-state index in [-0.39, 0.29) is 6.17 Å². The van der Waals surface area contributed by atoms with Crippen molar-refractivity contribution in [3.8, 4) is 16.8 Å². The fraction of sp³-hybridized carbons (Fsp3) is 0.0189. The number of furan rings is 1. The van der Waals surface area contributed by atoms with Crippen LogP contribution in [0.3, 0.4) is 0 Å². The number of benzene rings is 9. The standard InChI is InChI=1S/C53H34N4O/c1-2-15-34(16-3-1)51-54-52(56-53(55-51)43-25-12-19-33-14-6-7-20-38(33)43)37-28-29-47(45(31-37)42-24-13-23-41-40-22-9-11-27-49(40)58-50(41)42)57-46-26-10-8-21-39(46)44-30-35-17-4-5-18-36(35)32-48(44)57/h1-32,51H,(H,54,55,56). The Hall–Kier alpha value is -7.76. The summed E-state index contributed by atoms with van der Waals surface area (Å²) in [5, 5.41) is 13.0. The second-order valence-electron chi connectivity index (χ2n) is 15.0. The molecule has 1 atom stereocenters. The lowest BCUT2D eigenvalue weighted by Gasteiger charge is -2.25. The van der Waals surface area contributed by atoms with Crippen molar-refractivity contribution in [1.82, 2.24) is 9.88 Å². The molecule has 5 heteroatoms. The molecule has 1 aliphatic rings. The van der Waals surface area contributed by atoms with Gasteiger partial charge < -0.3 is 14.3 Å². The van der Waals surface area contributed by atoms with Gasteiger partial charge in [-0.3, -0.25) is 0 Å². The van der Waals surface area contributed by atoms with Gasteiger partial charge in [0.2, 0.25) is 0 Å². The van der Waals surface area contributed by atoms with Crippen LogP contribution >= 0.6 is 0 Å².